The molecular formula is C23H31N5O2. The molecule has 30 heavy (non-hydrogen) atoms. The Labute approximate surface area is 178 Å². The predicted molar refractivity (Wildman–Crippen MR) is 116 cm³/mol. The minimum Gasteiger partial charge on any atom is -0.459 e. The van der Waals surface area contributed by atoms with Crippen molar-refractivity contribution in [3.8, 4) is 0 Å². The molecule has 2 aromatic rings. The normalized spacial score (nSPS) is 29.1. The van der Waals surface area contributed by atoms with Gasteiger partial charge in [-0.1, -0.05) is 6.07 Å². The van der Waals surface area contributed by atoms with Crippen LogP contribution < -0.4 is 10.2 Å². The van der Waals surface area contributed by atoms with E-state index in [2.05, 4.69) is 37.1 Å². The number of piperazine rings is 1. The highest BCUT2D eigenvalue weighted by Gasteiger charge is 2.40. The second kappa shape index (κ2) is 8.78. The Bertz CT molecular complexity index is 819. The van der Waals surface area contributed by atoms with Gasteiger partial charge in [0.2, 0.25) is 0 Å². The fraction of sp³-hybridized carbons (Fsp3) is 0.565. The van der Waals surface area contributed by atoms with E-state index < -0.39 is 0 Å². The summed E-state index contributed by atoms with van der Waals surface area (Å²) in [5.74, 6) is 2.91. The quantitative estimate of drug-likeness (QED) is 0.787. The first kappa shape index (κ1) is 19.6. The lowest BCUT2D eigenvalue weighted by Crippen LogP contribution is -2.59. The van der Waals surface area contributed by atoms with Gasteiger partial charge < -0.3 is 14.6 Å². The third-order valence-electron chi connectivity index (χ3n) is 7.10. The van der Waals surface area contributed by atoms with Gasteiger partial charge in [-0.2, -0.15) is 0 Å². The van der Waals surface area contributed by atoms with Gasteiger partial charge in [0.05, 0.1) is 6.26 Å². The van der Waals surface area contributed by atoms with Gasteiger partial charge in [0.25, 0.3) is 5.91 Å². The average molecular weight is 410 g/mol. The van der Waals surface area contributed by atoms with E-state index in [0.717, 1.165) is 56.9 Å². The molecule has 4 atom stereocenters. The molecule has 7 nitrogen and oxygen atoms in total. The van der Waals surface area contributed by atoms with Gasteiger partial charge >= 0.3 is 0 Å². The van der Waals surface area contributed by atoms with Gasteiger partial charge in [-0.25, -0.2) is 4.98 Å². The van der Waals surface area contributed by atoms with E-state index in [4.69, 9.17) is 4.42 Å². The third-order valence-corrected chi connectivity index (χ3v) is 7.10. The Morgan fingerprint density at radius 2 is 2.03 bits per heavy atom. The zero-order valence-corrected chi connectivity index (χ0v) is 17.4. The molecule has 0 spiro atoms. The molecule has 0 aliphatic carbocycles. The van der Waals surface area contributed by atoms with Crippen LogP contribution in [0.2, 0.25) is 0 Å². The Morgan fingerprint density at radius 3 is 2.73 bits per heavy atom. The monoisotopic (exact) mass is 409 g/mol. The Hall–Kier alpha value is -2.38. The molecule has 160 valence electrons. The minimum atomic E-state index is -0.107. The van der Waals surface area contributed by atoms with Crippen LogP contribution in [0.4, 0.5) is 5.82 Å². The van der Waals surface area contributed by atoms with Gasteiger partial charge in [-0.3, -0.25) is 14.6 Å². The molecule has 4 saturated heterocycles. The molecule has 1 N–H and O–H groups in total. The lowest BCUT2D eigenvalue weighted by atomic mass is 9.75. The summed E-state index contributed by atoms with van der Waals surface area (Å²) in [5.41, 5.74) is 0. The number of fused-ring (bicyclic) bond motifs is 3. The molecule has 0 radical (unpaired) electrons. The number of hydrogen-bond acceptors (Lipinski definition) is 6. The zero-order chi connectivity index (χ0) is 20.3. The molecule has 6 rings (SSSR count). The van der Waals surface area contributed by atoms with Crippen molar-refractivity contribution < 1.29 is 9.21 Å². The summed E-state index contributed by atoms with van der Waals surface area (Å²) >= 11 is 0. The lowest BCUT2D eigenvalue weighted by Gasteiger charge is -2.51. The van der Waals surface area contributed by atoms with E-state index in [0.29, 0.717) is 18.3 Å². The van der Waals surface area contributed by atoms with E-state index in [1.54, 1.807) is 18.4 Å². The van der Waals surface area contributed by atoms with Crippen LogP contribution in [-0.4, -0.2) is 79.1 Å². The molecule has 0 aromatic carbocycles. The fourth-order valence-corrected chi connectivity index (χ4v) is 5.41. The standard InChI is InChI=1S/C23H31N5O2/c29-23(21-4-3-13-30-21)25-15-20-14-18-6-8-28(20)17-19(18)16-26-9-11-27(12-10-26)22-5-1-2-7-24-22/h1-5,7,13,18-20H,6,8-12,14-17H2,(H,25,29)/t18-,19-,20+/m0/s1. The number of nitrogens with one attached hydrogen (secondary N) is 1. The van der Waals surface area contributed by atoms with E-state index in [-0.39, 0.29) is 5.91 Å². The van der Waals surface area contributed by atoms with E-state index >= 15 is 0 Å². The molecule has 4 fully saturated rings. The van der Waals surface area contributed by atoms with Crippen LogP contribution in [0.1, 0.15) is 23.4 Å². The Balaban J connectivity index is 1.09. The summed E-state index contributed by atoms with van der Waals surface area (Å²) in [6.45, 7) is 8.57. The highest BCUT2D eigenvalue weighted by Crippen LogP contribution is 2.36. The molecule has 0 saturated carbocycles. The zero-order valence-electron chi connectivity index (χ0n) is 17.4. The number of piperidine rings is 3. The van der Waals surface area contributed by atoms with Crippen molar-refractivity contribution in [3.63, 3.8) is 0 Å². The largest absolute Gasteiger partial charge is 0.459 e. The summed E-state index contributed by atoms with van der Waals surface area (Å²) in [6, 6.07) is 10.1. The van der Waals surface area contributed by atoms with Crippen LogP contribution in [-0.2, 0) is 0 Å². The van der Waals surface area contributed by atoms with Crippen LogP contribution in [0.15, 0.2) is 47.2 Å². The Morgan fingerprint density at radius 1 is 1.13 bits per heavy atom. The molecule has 1 unspecified atom stereocenters. The molecule has 2 bridgehead atoms. The molecular weight excluding hydrogens is 378 g/mol. The lowest BCUT2D eigenvalue weighted by molar-refractivity contribution is -0.0121. The van der Waals surface area contributed by atoms with Crippen LogP contribution in [0.3, 0.4) is 0 Å². The summed E-state index contributed by atoms with van der Waals surface area (Å²) in [7, 11) is 0. The second-order valence-electron chi connectivity index (χ2n) is 8.86. The maximum atomic E-state index is 12.2. The number of nitrogens with zero attached hydrogens (tertiary/aromatic N) is 4. The minimum absolute atomic E-state index is 0.107. The van der Waals surface area contributed by atoms with Crippen LogP contribution in [0, 0.1) is 11.8 Å². The molecule has 7 heteroatoms. The number of rotatable bonds is 6. The molecule has 4 aliphatic heterocycles. The highest BCUT2D eigenvalue weighted by molar-refractivity contribution is 5.91. The number of amides is 1. The summed E-state index contributed by atoms with van der Waals surface area (Å²) in [5, 5.41) is 3.06. The van der Waals surface area contributed by atoms with Crippen molar-refractivity contribution in [2.24, 2.45) is 11.8 Å². The van der Waals surface area contributed by atoms with Crippen molar-refractivity contribution in [2.75, 3.05) is 57.3 Å². The van der Waals surface area contributed by atoms with E-state index in [1.807, 2.05) is 12.3 Å². The van der Waals surface area contributed by atoms with Crippen molar-refractivity contribution in [3.05, 3.63) is 48.6 Å². The topological polar surface area (TPSA) is 64.9 Å². The first-order valence-electron chi connectivity index (χ1n) is 11.2. The number of pyridine rings is 1. The third kappa shape index (κ3) is 4.23. The molecule has 4 aliphatic rings. The summed E-state index contributed by atoms with van der Waals surface area (Å²) in [4.78, 5) is 24.3. The average Bonchev–Trinajstić information content (AvgIpc) is 3.34. The van der Waals surface area contributed by atoms with Crippen molar-refractivity contribution in [1.29, 1.82) is 0 Å². The maximum absolute atomic E-state index is 12.2. The number of anilines is 1. The molecule has 6 heterocycles. The maximum Gasteiger partial charge on any atom is 0.287 e. The first-order chi connectivity index (χ1) is 14.8. The van der Waals surface area contributed by atoms with Crippen LogP contribution in [0.25, 0.3) is 0 Å². The van der Waals surface area contributed by atoms with E-state index in [9.17, 15) is 4.79 Å². The number of carbonyl (C=O) groups is 1. The van der Waals surface area contributed by atoms with Crippen molar-refractivity contribution in [2.45, 2.75) is 18.9 Å². The van der Waals surface area contributed by atoms with Crippen LogP contribution in [0.5, 0.6) is 0 Å². The Kier molecular flexibility index (Phi) is 5.73. The van der Waals surface area contributed by atoms with Crippen molar-refractivity contribution >= 4 is 11.7 Å². The highest BCUT2D eigenvalue weighted by atomic mass is 16.3. The fourth-order valence-electron chi connectivity index (χ4n) is 5.41. The molecule has 1 amide bonds. The van der Waals surface area contributed by atoms with Gasteiger partial charge in [0.15, 0.2) is 5.76 Å². The predicted octanol–water partition coefficient (Wildman–Crippen LogP) is 1.94. The van der Waals surface area contributed by atoms with Gasteiger partial charge in [0, 0.05) is 58.1 Å². The van der Waals surface area contributed by atoms with Crippen molar-refractivity contribution in [1.82, 2.24) is 20.1 Å². The SMILES string of the molecule is O=C(NC[C@H]1C[C@@H]2CCN1C[C@@H]2CN1CCN(c2ccccn2)CC1)c1ccco1. The number of aromatic nitrogens is 1. The molecule has 2 aromatic heterocycles. The van der Waals surface area contributed by atoms with E-state index in [1.165, 1.54) is 19.4 Å². The number of furan rings is 1. The van der Waals surface area contributed by atoms with Gasteiger partial charge in [-0.05, 0) is 55.5 Å². The number of carbonyl (C=O) groups excluding carboxylic acids is 1. The second-order valence-corrected chi connectivity index (χ2v) is 8.86. The van der Waals surface area contributed by atoms with Gasteiger partial charge in [-0.15, -0.1) is 0 Å². The summed E-state index contributed by atoms with van der Waals surface area (Å²) < 4.78 is 5.20. The summed E-state index contributed by atoms with van der Waals surface area (Å²) in [6.07, 6.45) is 5.91. The smallest absolute Gasteiger partial charge is 0.287 e. The number of hydrogen-bond donors (Lipinski definition) is 1. The first-order valence-corrected chi connectivity index (χ1v) is 11.2. The van der Waals surface area contributed by atoms with Crippen LogP contribution >= 0.6 is 0 Å². The van der Waals surface area contributed by atoms with Gasteiger partial charge in [0.1, 0.15) is 5.82 Å².